The van der Waals surface area contributed by atoms with Gasteiger partial charge in [0.05, 0.1) is 10.5 Å². The molecular weight excluding hydrogens is 493 g/mol. The molecule has 2 aromatic rings. The molecule has 0 aliphatic carbocycles. The molecule has 2 atom stereocenters. The first-order chi connectivity index (χ1) is 11.9. The van der Waals surface area contributed by atoms with Crippen molar-refractivity contribution in [2.45, 2.75) is 36.7 Å². The Bertz CT molecular complexity index is 776. The number of carbonyl (C=O) groups excluding carboxylic acids is 1. The summed E-state index contributed by atoms with van der Waals surface area (Å²) in [6.45, 7) is 6.60. The fourth-order valence-electron chi connectivity index (χ4n) is 3.19. The molecule has 0 bridgehead atoms. The molecule has 2 aromatic carbocycles. The van der Waals surface area contributed by atoms with Gasteiger partial charge in [-0.25, -0.2) is 4.79 Å². The predicted molar refractivity (Wildman–Crippen MR) is 114 cm³/mol. The molecule has 2 unspecified atom stereocenters. The van der Waals surface area contributed by atoms with E-state index in [1.165, 1.54) is 5.56 Å². The van der Waals surface area contributed by atoms with Crippen LogP contribution in [0, 0.1) is 0 Å². The lowest BCUT2D eigenvalue weighted by Crippen LogP contribution is -2.37. The summed E-state index contributed by atoms with van der Waals surface area (Å²) in [5, 5.41) is 0. The maximum Gasteiger partial charge on any atom is 0.330 e. The minimum atomic E-state index is -0.352. The summed E-state index contributed by atoms with van der Waals surface area (Å²) >= 11 is 5.90. The summed E-state index contributed by atoms with van der Waals surface area (Å²) in [7, 11) is 0. The number of rotatable bonds is 4. The topological polar surface area (TPSA) is 29.5 Å². The number of halogens is 2. The highest BCUT2D eigenvalue weighted by atomic mass is 127. The van der Waals surface area contributed by atoms with Crippen LogP contribution in [0.1, 0.15) is 41.7 Å². The monoisotopic (exact) mass is 513 g/mol. The third-order valence-corrected chi connectivity index (χ3v) is 6.31. The van der Waals surface area contributed by atoms with Crippen molar-refractivity contribution in [2.75, 3.05) is 11.5 Å². The van der Waals surface area contributed by atoms with Gasteiger partial charge in [-0.05, 0) is 54.3 Å². The Morgan fingerprint density at radius 3 is 2.52 bits per heavy atom. The van der Waals surface area contributed by atoms with Crippen molar-refractivity contribution in [3.8, 4) is 0 Å². The molecule has 0 fully saturated rings. The van der Waals surface area contributed by atoms with E-state index in [0.29, 0.717) is 12.5 Å². The van der Waals surface area contributed by atoms with Gasteiger partial charge in [0.25, 0.3) is 0 Å². The van der Waals surface area contributed by atoms with Crippen molar-refractivity contribution in [1.82, 2.24) is 0 Å². The van der Waals surface area contributed by atoms with Crippen molar-refractivity contribution in [2.24, 2.45) is 0 Å². The van der Waals surface area contributed by atoms with E-state index < -0.39 is 0 Å². The van der Waals surface area contributed by atoms with E-state index in [1.54, 1.807) is 0 Å². The lowest BCUT2D eigenvalue weighted by atomic mass is 10.0. The number of carbonyl (C=O) groups is 1. The number of esters is 1. The zero-order chi connectivity index (χ0) is 18.1. The Hall–Kier alpha value is -1.08. The number of hydrogen-bond donors (Lipinski definition) is 0. The minimum absolute atomic E-state index is 0.0360. The van der Waals surface area contributed by atoms with Gasteiger partial charge < -0.3 is 9.64 Å². The van der Waals surface area contributed by atoms with Crippen LogP contribution < -0.4 is 4.90 Å². The summed E-state index contributed by atoms with van der Waals surface area (Å²) in [4.78, 5) is 14.8. The summed E-state index contributed by atoms with van der Waals surface area (Å²) < 4.78 is 6.43. The standard InChI is InChI=1S/C20H21BrINO2/c1-4-25-20(24)19-18(22)16-11-14(21)7-10-17(16)23(19)15-8-5-13(6-9-15)12(2)3/h5-12,18-19H,4H2,1-3H3. The molecule has 25 heavy (non-hydrogen) atoms. The molecule has 0 amide bonds. The maximum atomic E-state index is 12.7. The van der Waals surface area contributed by atoms with Crippen molar-refractivity contribution >= 4 is 55.9 Å². The number of fused-ring (bicyclic) bond motifs is 1. The number of nitrogens with zero attached hydrogens (tertiary/aromatic N) is 1. The zero-order valence-corrected chi connectivity index (χ0v) is 18.2. The second-order valence-corrected chi connectivity index (χ2v) is 8.68. The van der Waals surface area contributed by atoms with Crippen molar-refractivity contribution < 1.29 is 9.53 Å². The normalized spacial score (nSPS) is 19.2. The summed E-state index contributed by atoms with van der Waals surface area (Å²) in [6.07, 6.45) is 0. The summed E-state index contributed by atoms with van der Waals surface area (Å²) in [5.74, 6) is 0.302. The first-order valence-electron chi connectivity index (χ1n) is 8.43. The van der Waals surface area contributed by atoms with E-state index in [4.69, 9.17) is 4.74 Å². The van der Waals surface area contributed by atoms with Gasteiger partial charge in [-0.1, -0.05) is 64.5 Å². The molecule has 5 heteroatoms. The van der Waals surface area contributed by atoms with Gasteiger partial charge >= 0.3 is 5.97 Å². The third-order valence-electron chi connectivity index (χ3n) is 4.47. The molecule has 132 valence electrons. The van der Waals surface area contributed by atoms with Gasteiger partial charge in [0.1, 0.15) is 6.04 Å². The predicted octanol–water partition coefficient (Wildman–Crippen LogP) is 6.13. The Morgan fingerprint density at radius 1 is 1.24 bits per heavy atom. The highest BCUT2D eigenvalue weighted by Gasteiger charge is 2.43. The van der Waals surface area contributed by atoms with Gasteiger partial charge in [0.15, 0.2) is 0 Å². The number of hydrogen-bond acceptors (Lipinski definition) is 3. The van der Waals surface area contributed by atoms with Crippen LogP contribution in [0.3, 0.4) is 0 Å². The van der Waals surface area contributed by atoms with Gasteiger partial charge in [-0.2, -0.15) is 0 Å². The quantitative estimate of drug-likeness (QED) is 0.279. The van der Waals surface area contributed by atoms with Crippen LogP contribution in [-0.4, -0.2) is 18.6 Å². The molecule has 3 nitrogen and oxygen atoms in total. The number of benzene rings is 2. The van der Waals surface area contributed by atoms with Crippen molar-refractivity contribution in [1.29, 1.82) is 0 Å². The molecule has 0 radical (unpaired) electrons. The van der Waals surface area contributed by atoms with E-state index in [2.05, 4.69) is 93.7 Å². The molecule has 1 heterocycles. The highest BCUT2D eigenvalue weighted by molar-refractivity contribution is 14.1. The largest absolute Gasteiger partial charge is 0.464 e. The van der Waals surface area contributed by atoms with Crippen LogP contribution in [0.5, 0.6) is 0 Å². The Balaban J connectivity index is 2.07. The van der Waals surface area contributed by atoms with Crippen LogP contribution in [0.4, 0.5) is 11.4 Å². The van der Waals surface area contributed by atoms with E-state index in [9.17, 15) is 4.79 Å². The molecule has 0 N–H and O–H groups in total. The molecule has 0 aromatic heterocycles. The van der Waals surface area contributed by atoms with Gasteiger partial charge in [-0.3, -0.25) is 0 Å². The molecule has 1 aliphatic rings. The van der Waals surface area contributed by atoms with E-state index in [0.717, 1.165) is 21.4 Å². The van der Waals surface area contributed by atoms with Crippen LogP contribution >= 0.6 is 38.5 Å². The number of alkyl halides is 1. The maximum absolute atomic E-state index is 12.7. The average Bonchev–Trinajstić information content (AvgIpc) is 2.87. The van der Waals surface area contributed by atoms with E-state index >= 15 is 0 Å². The molecule has 0 saturated heterocycles. The molecule has 0 spiro atoms. The second-order valence-electron chi connectivity index (χ2n) is 6.42. The SMILES string of the molecule is CCOC(=O)C1C(I)c2cc(Br)ccc2N1c1ccc(C(C)C)cc1. The lowest BCUT2D eigenvalue weighted by molar-refractivity contribution is -0.144. The Kier molecular flexibility index (Phi) is 5.73. The summed E-state index contributed by atoms with van der Waals surface area (Å²) in [5.41, 5.74) is 4.53. The molecular formula is C20H21BrINO2. The van der Waals surface area contributed by atoms with Crippen LogP contribution in [0.15, 0.2) is 46.9 Å². The van der Waals surface area contributed by atoms with Crippen LogP contribution in [-0.2, 0) is 9.53 Å². The fraction of sp³-hybridized carbons (Fsp3) is 0.350. The average molecular weight is 514 g/mol. The molecule has 1 aliphatic heterocycles. The van der Waals surface area contributed by atoms with Gasteiger partial charge in [0.2, 0.25) is 0 Å². The number of anilines is 2. The molecule has 0 saturated carbocycles. The zero-order valence-electron chi connectivity index (χ0n) is 14.5. The first kappa shape index (κ1) is 18.7. The van der Waals surface area contributed by atoms with Crippen LogP contribution in [0.2, 0.25) is 0 Å². The number of ether oxygens (including phenoxy) is 1. The van der Waals surface area contributed by atoms with Crippen LogP contribution in [0.25, 0.3) is 0 Å². The van der Waals surface area contributed by atoms with Gasteiger partial charge in [-0.15, -0.1) is 0 Å². The van der Waals surface area contributed by atoms with Crippen molar-refractivity contribution in [3.63, 3.8) is 0 Å². The first-order valence-corrected chi connectivity index (χ1v) is 10.5. The molecule has 3 rings (SSSR count). The second kappa shape index (κ2) is 7.66. The summed E-state index contributed by atoms with van der Waals surface area (Å²) in [6, 6.07) is 14.3. The van der Waals surface area contributed by atoms with E-state index in [-0.39, 0.29) is 15.9 Å². The smallest absolute Gasteiger partial charge is 0.330 e. The van der Waals surface area contributed by atoms with Gasteiger partial charge in [0, 0.05) is 15.8 Å². The Morgan fingerprint density at radius 2 is 1.92 bits per heavy atom. The Labute approximate surface area is 171 Å². The minimum Gasteiger partial charge on any atom is -0.464 e. The fourth-order valence-corrected chi connectivity index (χ4v) is 4.68. The van der Waals surface area contributed by atoms with Crippen molar-refractivity contribution in [3.05, 3.63) is 58.1 Å². The highest BCUT2D eigenvalue weighted by Crippen LogP contribution is 2.49. The third kappa shape index (κ3) is 3.58. The van der Waals surface area contributed by atoms with E-state index in [1.807, 2.05) is 13.0 Å². The lowest BCUT2D eigenvalue weighted by Gasteiger charge is -2.27.